The van der Waals surface area contributed by atoms with Gasteiger partial charge in [-0.05, 0) is 19.3 Å². The van der Waals surface area contributed by atoms with Gasteiger partial charge < -0.3 is 15.3 Å². The molecule has 3 unspecified atom stereocenters. The lowest BCUT2D eigenvalue weighted by Crippen LogP contribution is -2.38. The van der Waals surface area contributed by atoms with E-state index in [4.69, 9.17) is 0 Å². The Morgan fingerprint density at radius 3 is 2.81 bits per heavy atom. The topological polar surface area (TPSA) is 99.6 Å². The first-order valence-electron chi connectivity index (χ1n) is 6.76. The Kier molecular flexibility index (Phi) is 3.40. The van der Waals surface area contributed by atoms with Gasteiger partial charge in [-0.2, -0.15) is 0 Å². The summed E-state index contributed by atoms with van der Waals surface area (Å²) in [5.74, 6) is -1.78. The van der Waals surface area contributed by atoms with Gasteiger partial charge in [-0.15, -0.1) is 11.3 Å². The smallest absolute Gasteiger partial charge is 0.308 e. The Morgan fingerprint density at radius 2 is 2.19 bits per heavy atom. The number of carbonyl (C=O) groups is 3. The van der Waals surface area contributed by atoms with Crippen molar-refractivity contribution in [2.24, 2.45) is 5.92 Å². The number of carboxylic acids is 1. The van der Waals surface area contributed by atoms with Crippen LogP contribution in [-0.4, -0.2) is 44.9 Å². The fraction of sp³-hybridized carbons (Fsp3) is 0.538. The number of carbonyl (C=O) groups excluding carboxylic acids is 2. The molecule has 2 fully saturated rings. The molecule has 2 bridgehead atoms. The van der Waals surface area contributed by atoms with Gasteiger partial charge in [-0.1, -0.05) is 0 Å². The number of hydrogen-bond donors (Lipinski definition) is 2. The summed E-state index contributed by atoms with van der Waals surface area (Å²) in [6, 6.07) is -0.236. The van der Waals surface area contributed by atoms with Crippen molar-refractivity contribution in [1.29, 1.82) is 0 Å². The monoisotopic (exact) mass is 309 g/mol. The molecular formula is C13H15N3O4S. The van der Waals surface area contributed by atoms with E-state index in [1.54, 1.807) is 10.3 Å². The Hall–Kier alpha value is -1.96. The lowest BCUT2D eigenvalue weighted by atomic mass is 9.89. The molecular weight excluding hydrogens is 294 g/mol. The van der Waals surface area contributed by atoms with E-state index in [1.165, 1.54) is 18.3 Å². The summed E-state index contributed by atoms with van der Waals surface area (Å²) in [7, 11) is 0. The lowest BCUT2D eigenvalue weighted by Gasteiger charge is -2.22. The number of rotatable bonds is 3. The number of hydrogen-bond acceptors (Lipinski definition) is 5. The van der Waals surface area contributed by atoms with Crippen molar-refractivity contribution in [3.63, 3.8) is 0 Å². The zero-order valence-electron chi connectivity index (χ0n) is 11.4. The number of fused-ring (bicyclic) bond motifs is 2. The first kappa shape index (κ1) is 14.0. The maximum Gasteiger partial charge on any atom is 0.308 e. The first-order valence-corrected chi connectivity index (χ1v) is 7.64. The molecule has 3 heterocycles. The lowest BCUT2D eigenvalue weighted by molar-refractivity contribution is -0.142. The van der Waals surface area contributed by atoms with Crippen LogP contribution in [0.1, 0.15) is 36.7 Å². The third-order valence-electron chi connectivity index (χ3n) is 4.09. The van der Waals surface area contributed by atoms with Gasteiger partial charge in [-0.3, -0.25) is 14.4 Å². The van der Waals surface area contributed by atoms with E-state index in [-0.39, 0.29) is 29.6 Å². The molecule has 2 amide bonds. The summed E-state index contributed by atoms with van der Waals surface area (Å²) < 4.78 is 0. The van der Waals surface area contributed by atoms with Gasteiger partial charge in [0, 0.05) is 24.4 Å². The van der Waals surface area contributed by atoms with Crippen LogP contribution in [0, 0.1) is 5.92 Å². The number of thiazole rings is 1. The standard InChI is InChI=1S/C13H15N3O4S/c1-6(17)14-13-15-9(5-21-13)11(18)16-7-2-3-10(16)8(4-7)12(19)20/h5,7-8,10H,2-4H2,1H3,(H,19,20)(H,14,15,17). The van der Waals surface area contributed by atoms with E-state index in [2.05, 4.69) is 10.3 Å². The molecule has 3 atom stereocenters. The maximum absolute atomic E-state index is 12.5. The fourth-order valence-corrected chi connectivity index (χ4v) is 4.01. The molecule has 0 aliphatic carbocycles. The zero-order chi connectivity index (χ0) is 15.1. The van der Waals surface area contributed by atoms with Crippen LogP contribution >= 0.6 is 11.3 Å². The van der Waals surface area contributed by atoms with Crippen LogP contribution in [-0.2, 0) is 9.59 Å². The van der Waals surface area contributed by atoms with Crippen LogP contribution in [0.4, 0.5) is 5.13 Å². The van der Waals surface area contributed by atoms with Gasteiger partial charge in [0.25, 0.3) is 5.91 Å². The molecule has 3 rings (SSSR count). The van der Waals surface area contributed by atoms with Gasteiger partial charge in [0.2, 0.25) is 5.91 Å². The highest BCUT2D eigenvalue weighted by molar-refractivity contribution is 7.14. The number of nitrogens with zero attached hydrogens (tertiary/aromatic N) is 2. The number of carboxylic acid groups (broad SMARTS) is 1. The normalized spacial score (nSPS) is 26.9. The highest BCUT2D eigenvalue weighted by atomic mass is 32.1. The molecule has 2 aliphatic rings. The predicted molar refractivity (Wildman–Crippen MR) is 75.1 cm³/mol. The molecule has 2 aliphatic heterocycles. The van der Waals surface area contributed by atoms with Crippen LogP contribution < -0.4 is 5.32 Å². The molecule has 0 radical (unpaired) electrons. The van der Waals surface area contributed by atoms with Crippen molar-refractivity contribution < 1.29 is 19.5 Å². The van der Waals surface area contributed by atoms with Crippen LogP contribution in [0.5, 0.6) is 0 Å². The minimum Gasteiger partial charge on any atom is -0.481 e. The molecule has 2 N–H and O–H groups in total. The Morgan fingerprint density at radius 1 is 1.43 bits per heavy atom. The number of amides is 2. The van der Waals surface area contributed by atoms with Crippen molar-refractivity contribution in [2.75, 3.05) is 5.32 Å². The molecule has 2 saturated heterocycles. The minimum atomic E-state index is -0.836. The second-order valence-corrected chi connectivity index (χ2v) is 6.27. The minimum absolute atomic E-state index is 0.00508. The number of nitrogens with one attached hydrogen (secondary N) is 1. The maximum atomic E-state index is 12.5. The molecule has 112 valence electrons. The predicted octanol–water partition coefficient (Wildman–Crippen LogP) is 1.18. The van der Waals surface area contributed by atoms with Crippen molar-refractivity contribution in [3.8, 4) is 0 Å². The second-order valence-electron chi connectivity index (χ2n) is 5.41. The van der Waals surface area contributed by atoms with Crippen molar-refractivity contribution in [1.82, 2.24) is 9.88 Å². The molecule has 1 aromatic heterocycles. The highest BCUT2D eigenvalue weighted by Gasteiger charge is 2.51. The summed E-state index contributed by atoms with van der Waals surface area (Å²) in [4.78, 5) is 40.5. The molecule has 0 spiro atoms. The number of aromatic nitrogens is 1. The van der Waals surface area contributed by atoms with Crippen LogP contribution in [0.15, 0.2) is 5.38 Å². The summed E-state index contributed by atoms with van der Waals surface area (Å²) in [5, 5.41) is 13.7. The summed E-state index contributed by atoms with van der Waals surface area (Å²) in [5.41, 5.74) is 0.270. The van der Waals surface area contributed by atoms with E-state index in [0.29, 0.717) is 11.6 Å². The van der Waals surface area contributed by atoms with Crippen LogP contribution in [0.3, 0.4) is 0 Å². The van der Waals surface area contributed by atoms with Gasteiger partial charge in [-0.25, -0.2) is 4.98 Å². The molecule has 8 heteroatoms. The number of aliphatic carboxylic acids is 1. The third kappa shape index (κ3) is 2.39. The van der Waals surface area contributed by atoms with Crippen LogP contribution in [0.25, 0.3) is 0 Å². The summed E-state index contributed by atoms with van der Waals surface area (Å²) in [6.07, 6.45) is 2.10. The van der Waals surface area contributed by atoms with Gasteiger partial charge >= 0.3 is 5.97 Å². The Balaban J connectivity index is 1.78. The average molecular weight is 309 g/mol. The van der Waals surface area contributed by atoms with E-state index in [1.807, 2.05) is 0 Å². The van der Waals surface area contributed by atoms with Gasteiger partial charge in [0.1, 0.15) is 5.69 Å². The van der Waals surface area contributed by atoms with E-state index < -0.39 is 11.9 Å². The molecule has 1 aromatic rings. The fourth-order valence-electron chi connectivity index (χ4n) is 3.28. The largest absolute Gasteiger partial charge is 0.481 e. The van der Waals surface area contributed by atoms with Gasteiger partial charge in [0.05, 0.1) is 5.92 Å². The quantitative estimate of drug-likeness (QED) is 0.873. The van der Waals surface area contributed by atoms with E-state index in [9.17, 15) is 19.5 Å². The first-order chi connectivity index (χ1) is 9.97. The molecule has 0 saturated carbocycles. The number of anilines is 1. The van der Waals surface area contributed by atoms with Crippen molar-refractivity contribution >= 4 is 34.3 Å². The molecule has 21 heavy (non-hydrogen) atoms. The van der Waals surface area contributed by atoms with Crippen molar-refractivity contribution in [3.05, 3.63) is 11.1 Å². The average Bonchev–Trinajstić information content (AvgIpc) is 3.10. The third-order valence-corrected chi connectivity index (χ3v) is 4.85. The Bertz CT molecular complexity index is 614. The van der Waals surface area contributed by atoms with Crippen LogP contribution in [0.2, 0.25) is 0 Å². The van der Waals surface area contributed by atoms with E-state index in [0.717, 1.165) is 12.8 Å². The van der Waals surface area contributed by atoms with Crippen molar-refractivity contribution in [2.45, 2.75) is 38.3 Å². The van der Waals surface area contributed by atoms with Gasteiger partial charge in [0.15, 0.2) is 5.13 Å². The zero-order valence-corrected chi connectivity index (χ0v) is 12.2. The molecule has 7 nitrogen and oxygen atoms in total. The SMILES string of the molecule is CC(=O)Nc1nc(C(=O)N2C3CCC2C(C(=O)O)C3)cs1. The molecule has 0 aromatic carbocycles. The second kappa shape index (κ2) is 5.10. The summed E-state index contributed by atoms with van der Waals surface area (Å²) >= 11 is 1.19. The summed E-state index contributed by atoms with van der Waals surface area (Å²) in [6.45, 7) is 1.38. The van der Waals surface area contributed by atoms with E-state index >= 15 is 0 Å². The Labute approximate surface area is 125 Å². The highest BCUT2D eigenvalue weighted by Crippen LogP contribution is 2.42.